The summed E-state index contributed by atoms with van der Waals surface area (Å²) in [6.45, 7) is -0.339. The van der Waals surface area contributed by atoms with Crippen LogP contribution in [-0.2, 0) is 0 Å². The summed E-state index contributed by atoms with van der Waals surface area (Å²) in [6.07, 6.45) is -5.73. The van der Waals surface area contributed by atoms with Gasteiger partial charge in [0.1, 0.15) is 5.82 Å². The number of nitrogens with zero attached hydrogens (tertiary/aromatic N) is 1. The molecule has 1 aliphatic rings. The van der Waals surface area contributed by atoms with E-state index in [0.29, 0.717) is 0 Å². The van der Waals surface area contributed by atoms with Gasteiger partial charge in [0.2, 0.25) is 0 Å². The number of anilines is 1. The van der Waals surface area contributed by atoms with Crippen molar-refractivity contribution in [1.29, 1.82) is 0 Å². The van der Waals surface area contributed by atoms with Crippen molar-refractivity contribution in [3.63, 3.8) is 0 Å². The van der Waals surface area contributed by atoms with E-state index < -0.39 is 18.0 Å². The Balaban J connectivity index is 2.07. The van der Waals surface area contributed by atoms with Gasteiger partial charge in [0.25, 0.3) is 6.43 Å². The second-order valence-corrected chi connectivity index (χ2v) is 5.38. The molecule has 0 saturated heterocycles. The molecule has 0 amide bonds. The first-order valence-corrected chi connectivity index (χ1v) is 6.29. The van der Waals surface area contributed by atoms with Gasteiger partial charge in [-0.25, -0.2) is 13.8 Å². The molecule has 0 bridgehead atoms. The minimum absolute atomic E-state index is 0.0222. The summed E-state index contributed by atoms with van der Waals surface area (Å²) in [5.74, 6) is 0.0222. The average Bonchev–Trinajstić information content (AvgIpc) is 3.08. The molecule has 1 aromatic heterocycles. The van der Waals surface area contributed by atoms with E-state index in [1.165, 1.54) is 0 Å². The highest BCUT2D eigenvalue weighted by Crippen LogP contribution is 2.57. The van der Waals surface area contributed by atoms with Crippen molar-refractivity contribution in [3.8, 4) is 0 Å². The molecule has 0 aliphatic heterocycles. The fourth-order valence-corrected chi connectivity index (χ4v) is 2.08. The highest BCUT2D eigenvalue weighted by atomic mass is 79.9. The summed E-state index contributed by atoms with van der Waals surface area (Å²) in [7, 11) is 0. The highest BCUT2D eigenvalue weighted by Gasteiger charge is 2.62. The zero-order valence-corrected chi connectivity index (χ0v) is 11.2. The standard InChI is InChI=1S/C11H10BrF5N2/c12-7-4-18-8(3-6(7)9(13)14)19-5-10(1-2-10)11(15,16)17/h3-4,9H,1-2,5H2,(H,18,19). The first-order chi connectivity index (χ1) is 8.75. The molecule has 0 radical (unpaired) electrons. The Hall–Kier alpha value is -0.920. The first kappa shape index (κ1) is 14.5. The van der Waals surface area contributed by atoms with Gasteiger partial charge in [-0.15, -0.1) is 0 Å². The van der Waals surface area contributed by atoms with E-state index in [-0.39, 0.29) is 35.2 Å². The van der Waals surface area contributed by atoms with Crippen molar-refractivity contribution in [1.82, 2.24) is 4.98 Å². The maximum absolute atomic E-state index is 12.7. The van der Waals surface area contributed by atoms with Gasteiger partial charge in [-0.3, -0.25) is 0 Å². The van der Waals surface area contributed by atoms with Crippen LogP contribution in [0.15, 0.2) is 16.7 Å². The molecule has 0 spiro atoms. The number of hydrogen-bond donors (Lipinski definition) is 1. The predicted octanol–water partition coefficient (Wildman–Crippen LogP) is 4.54. The van der Waals surface area contributed by atoms with Crippen molar-refractivity contribution in [3.05, 3.63) is 22.3 Å². The van der Waals surface area contributed by atoms with Crippen molar-refractivity contribution < 1.29 is 22.0 Å². The summed E-state index contributed by atoms with van der Waals surface area (Å²) >= 11 is 2.92. The zero-order chi connectivity index (χ0) is 14.3. The van der Waals surface area contributed by atoms with Crippen LogP contribution in [0.25, 0.3) is 0 Å². The third kappa shape index (κ3) is 2.98. The molecular weight excluding hydrogens is 335 g/mol. The van der Waals surface area contributed by atoms with Crippen molar-refractivity contribution in [2.45, 2.75) is 25.4 Å². The number of nitrogens with one attached hydrogen (secondary N) is 1. The summed E-state index contributed by atoms with van der Waals surface area (Å²) in [5.41, 5.74) is -2.03. The second kappa shape index (κ2) is 4.88. The Morgan fingerprint density at radius 3 is 2.47 bits per heavy atom. The van der Waals surface area contributed by atoms with E-state index in [4.69, 9.17) is 0 Å². The topological polar surface area (TPSA) is 24.9 Å². The van der Waals surface area contributed by atoms with Gasteiger partial charge in [-0.05, 0) is 34.8 Å². The molecule has 19 heavy (non-hydrogen) atoms. The van der Waals surface area contributed by atoms with Gasteiger partial charge in [0.15, 0.2) is 0 Å². The molecular formula is C11H10BrF5N2. The lowest BCUT2D eigenvalue weighted by Crippen LogP contribution is -2.31. The second-order valence-electron chi connectivity index (χ2n) is 4.52. The number of rotatable bonds is 4. The lowest BCUT2D eigenvalue weighted by atomic mass is 10.1. The van der Waals surface area contributed by atoms with Gasteiger partial charge in [-0.2, -0.15) is 13.2 Å². The smallest absolute Gasteiger partial charge is 0.369 e. The fourth-order valence-electron chi connectivity index (χ4n) is 1.69. The molecule has 106 valence electrons. The summed E-state index contributed by atoms with van der Waals surface area (Å²) in [5, 5.41) is 2.49. The molecule has 2 rings (SSSR count). The molecule has 1 aromatic rings. The van der Waals surface area contributed by atoms with Crippen LogP contribution in [0.1, 0.15) is 24.8 Å². The Bertz CT molecular complexity index is 471. The third-order valence-corrected chi connectivity index (χ3v) is 3.85. The lowest BCUT2D eigenvalue weighted by Gasteiger charge is -2.20. The molecule has 8 heteroatoms. The molecule has 1 heterocycles. The molecule has 1 fully saturated rings. The summed E-state index contributed by atoms with van der Waals surface area (Å²) < 4.78 is 63.4. The van der Waals surface area contributed by atoms with Gasteiger partial charge >= 0.3 is 6.18 Å². The van der Waals surface area contributed by atoms with Crippen LogP contribution in [-0.4, -0.2) is 17.7 Å². The van der Waals surface area contributed by atoms with Crippen LogP contribution in [0, 0.1) is 5.41 Å². The van der Waals surface area contributed by atoms with E-state index in [2.05, 4.69) is 26.2 Å². The Morgan fingerprint density at radius 2 is 2.00 bits per heavy atom. The Labute approximate surface area is 114 Å². The quantitative estimate of drug-likeness (QED) is 0.811. The first-order valence-electron chi connectivity index (χ1n) is 5.49. The number of hydrogen-bond acceptors (Lipinski definition) is 2. The molecule has 0 aromatic carbocycles. The van der Waals surface area contributed by atoms with Crippen LogP contribution in [0.3, 0.4) is 0 Å². The minimum atomic E-state index is -4.28. The molecule has 1 N–H and O–H groups in total. The van der Waals surface area contributed by atoms with E-state index >= 15 is 0 Å². The number of alkyl halides is 5. The maximum atomic E-state index is 12.7. The fraction of sp³-hybridized carbons (Fsp3) is 0.545. The molecule has 0 unspecified atom stereocenters. The van der Waals surface area contributed by atoms with Crippen LogP contribution < -0.4 is 5.32 Å². The molecule has 2 nitrogen and oxygen atoms in total. The number of aromatic nitrogens is 1. The van der Waals surface area contributed by atoms with Gasteiger partial charge in [0.05, 0.1) is 5.41 Å². The SMILES string of the molecule is FC(F)c1cc(NCC2(C(F)(F)F)CC2)ncc1Br. The monoisotopic (exact) mass is 344 g/mol. The normalized spacial score (nSPS) is 17.6. The number of halogens is 6. The molecule has 1 saturated carbocycles. The average molecular weight is 345 g/mol. The zero-order valence-electron chi connectivity index (χ0n) is 9.57. The van der Waals surface area contributed by atoms with Crippen molar-refractivity contribution in [2.75, 3.05) is 11.9 Å². The van der Waals surface area contributed by atoms with E-state index in [9.17, 15) is 22.0 Å². The third-order valence-electron chi connectivity index (χ3n) is 3.18. The van der Waals surface area contributed by atoms with Crippen LogP contribution in [0.5, 0.6) is 0 Å². The van der Waals surface area contributed by atoms with Crippen molar-refractivity contribution in [2.24, 2.45) is 5.41 Å². The van der Waals surface area contributed by atoms with Crippen LogP contribution in [0.4, 0.5) is 27.8 Å². The van der Waals surface area contributed by atoms with E-state index in [0.717, 1.165) is 12.3 Å². The summed E-state index contributed by atoms with van der Waals surface area (Å²) in [4.78, 5) is 3.78. The van der Waals surface area contributed by atoms with E-state index in [1.54, 1.807) is 0 Å². The van der Waals surface area contributed by atoms with Gasteiger partial charge in [-0.1, -0.05) is 0 Å². The largest absolute Gasteiger partial charge is 0.396 e. The summed E-state index contributed by atoms with van der Waals surface area (Å²) in [6, 6.07) is 1.06. The predicted molar refractivity (Wildman–Crippen MR) is 63.1 cm³/mol. The lowest BCUT2D eigenvalue weighted by molar-refractivity contribution is -0.182. The highest BCUT2D eigenvalue weighted by molar-refractivity contribution is 9.10. The molecule has 1 aliphatic carbocycles. The van der Waals surface area contributed by atoms with Gasteiger partial charge < -0.3 is 5.32 Å². The number of pyridine rings is 1. The van der Waals surface area contributed by atoms with Crippen LogP contribution in [0.2, 0.25) is 0 Å². The maximum Gasteiger partial charge on any atom is 0.396 e. The van der Waals surface area contributed by atoms with Gasteiger partial charge in [0, 0.05) is 22.8 Å². The molecule has 0 atom stereocenters. The van der Waals surface area contributed by atoms with Crippen LogP contribution >= 0.6 is 15.9 Å². The van der Waals surface area contributed by atoms with Crippen molar-refractivity contribution >= 4 is 21.7 Å². The minimum Gasteiger partial charge on any atom is -0.369 e. The Kier molecular flexibility index (Phi) is 3.72. The Morgan fingerprint density at radius 1 is 1.37 bits per heavy atom. The van der Waals surface area contributed by atoms with E-state index in [1.807, 2.05) is 0 Å².